The van der Waals surface area contributed by atoms with Gasteiger partial charge >= 0.3 is 0 Å². The number of nitrogens with zero attached hydrogens (tertiary/aromatic N) is 2. The van der Waals surface area contributed by atoms with E-state index in [0.29, 0.717) is 43.4 Å². The van der Waals surface area contributed by atoms with Gasteiger partial charge in [-0.1, -0.05) is 12.1 Å². The second kappa shape index (κ2) is 11.9. The van der Waals surface area contributed by atoms with Crippen LogP contribution in [0, 0.1) is 16.7 Å². The van der Waals surface area contributed by atoms with Crippen LogP contribution in [0.3, 0.4) is 0 Å². The Hall–Kier alpha value is -4.23. The molecule has 1 fully saturated rings. The lowest BCUT2D eigenvalue weighted by molar-refractivity contribution is -0.130. The summed E-state index contributed by atoms with van der Waals surface area (Å²) in [5, 5.41) is 26.9. The summed E-state index contributed by atoms with van der Waals surface area (Å²) < 4.78 is 0. The van der Waals surface area contributed by atoms with Crippen LogP contribution >= 0.6 is 0 Å². The number of carbonyl (C=O) groups is 3. The van der Waals surface area contributed by atoms with Crippen molar-refractivity contribution in [3.05, 3.63) is 69.8 Å². The van der Waals surface area contributed by atoms with Gasteiger partial charge in [-0.05, 0) is 85.5 Å². The highest BCUT2D eigenvalue weighted by atomic mass is 16.2. The Morgan fingerprint density at radius 2 is 1.62 bits per heavy atom. The standard InChI is InChI=1S/C30H37N7O3/c1-18(36-17-26(38)37-12-4-5-23(37)16-31)15-30(29(32)33)24-10-8-21(27(39)34-2)13-19(24)6-7-20-14-22(28(40)35-3)9-11-25(20)30/h8-11,13-14,18,23,36H,4-7,12,15,17H2,1-3H3,(H3,32,33)(H,34,39)(H,35,40)/t18-,23+/m1/s1. The number of carbonyl (C=O) groups excluding carboxylic acids is 3. The van der Waals surface area contributed by atoms with Gasteiger partial charge in [-0.2, -0.15) is 5.26 Å². The summed E-state index contributed by atoms with van der Waals surface area (Å²) in [7, 11) is 3.17. The number of nitriles is 1. The van der Waals surface area contributed by atoms with E-state index in [9.17, 15) is 19.6 Å². The van der Waals surface area contributed by atoms with Crippen LogP contribution in [0.2, 0.25) is 0 Å². The largest absolute Gasteiger partial charge is 0.387 e. The van der Waals surface area contributed by atoms with E-state index in [4.69, 9.17) is 11.1 Å². The summed E-state index contributed by atoms with van der Waals surface area (Å²) in [4.78, 5) is 39.4. The number of nitrogens with two attached hydrogens (primary N) is 1. The fraction of sp³-hybridized carbons (Fsp3) is 0.433. The van der Waals surface area contributed by atoms with Gasteiger partial charge in [-0.15, -0.1) is 0 Å². The van der Waals surface area contributed by atoms with Crippen LogP contribution in [0.25, 0.3) is 0 Å². The minimum absolute atomic E-state index is 0.0543. The van der Waals surface area contributed by atoms with Crippen molar-refractivity contribution in [1.29, 1.82) is 10.7 Å². The Kier molecular flexibility index (Phi) is 8.55. The Balaban J connectivity index is 1.75. The van der Waals surface area contributed by atoms with Gasteiger partial charge in [-0.3, -0.25) is 19.8 Å². The molecule has 1 aliphatic carbocycles. The molecule has 210 valence electrons. The maximum atomic E-state index is 12.9. The number of amides is 3. The predicted molar refractivity (Wildman–Crippen MR) is 152 cm³/mol. The fourth-order valence-corrected chi connectivity index (χ4v) is 6.13. The Labute approximate surface area is 234 Å². The average molecular weight is 544 g/mol. The lowest BCUT2D eigenvalue weighted by Crippen LogP contribution is -2.49. The Morgan fingerprint density at radius 1 is 1.07 bits per heavy atom. The number of amidine groups is 1. The van der Waals surface area contributed by atoms with Gasteiger partial charge in [0.05, 0.1) is 18.0 Å². The van der Waals surface area contributed by atoms with Crippen molar-refractivity contribution in [1.82, 2.24) is 20.9 Å². The first kappa shape index (κ1) is 28.8. The molecule has 10 nitrogen and oxygen atoms in total. The summed E-state index contributed by atoms with van der Waals surface area (Å²) in [6, 6.07) is 12.5. The van der Waals surface area contributed by atoms with Crippen LogP contribution in [0.5, 0.6) is 0 Å². The number of hydrogen-bond acceptors (Lipinski definition) is 6. The van der Waals surface area contributed by atoms with Crippen LogP contribution in [0.1, 0.15) is 69.2 Å². The molecule has 0 spiro atoms. The average Bonchev–Trinajstić information content (AvgIpc) is 3.40. The van der Waals surface area contributed by atoms with E-state index in [2.05, 4.69) is 22.0 Å². The third kappa shape index (κ3) is 5.29. The maximum Gasteiger partial charge on any atom is 0.251 e. The zero-order chi connectivity index (χ0) is 29.0. The van der Waals surface area contributed by atoms with E-state index in [1.807, 2.05) is 31.2 Å². The molecule has 1 heterocycles. The van der Waals surface area contributed by atoms with Gasteiger partial charge in [0.1, 0.15) is 11.9 Å². The molecule has 2 aromatic rings. The van der Waals surface area contributed by atoms with Crippen LogP contribution in [0.15, 0.2) is 36.4 Å². The maximum absolute atomic E-state index is 12.9. The molecular weight excluding hydrogens is 506 g/mol. The summed E-state index contributed by atoms with van der Waals surface area (Å²) in [5.41, 5.74) is 9.95. The first-order valence-electron chi connectivity index (χ1n) is 13.6. The topological polar surface area (TPSA) is 164 Å². The summed E-state index contributed by atoms with van der Waals surface area (Å²) >= 11 is 0. The predicted octanol–water partition coefficient (Wildman–Crippen LogP) is 1.61. The first-order valence-corrected chi connectivity index (χ1v) is 13.6. The highest BCUT2D eigenvalue weighted by Gasteiger charge is 2.44. The molecule has 0 unspecified atom stereocenters. The lowest BCUT2D eigenvalue weighted by atomic mass is 9.67. The third-order valence-corrected chi connectivity index (χ3v) is 8.17. The molecule has 0 bridgehead atoms. The molecule has 6 N–H and O–H groups in total. The van der Waals surface area contributed by atoms with Crippen molar-refractivity contribution in [3.8, 4) is 6.07 Å². The van der Waals surface area contributed by atoms with E-state index in [1.54, 1.807) is 31.1 Å². The molecule has 0 saturated carbocycles. The van der Waals surface area contributed by atoms with Crippen molar-refractivity contribution in [2.75, 3.05) is 27.2 Å². The fourth-order valence-electron chi connectivity index (χ4n) is 6.13. The Bertz CT molecular complexity index is 1310. The molecule has 40 heavy (non-hydrogen) atoms. The zero-order valence-corrected chi connectivity index (χ0v) is 23.3. The van der Waals surface area contributed by atoms with E-state index in [1.165, 1.54) is 0 Å². The molecule has 0 radical (unpaired) electrons. The first-order chi connectivity index (χ1) is 19.2. The van der Waals surface area contributed by atoms with Crippen LogP contribution in [0.4, 0.5) is 0 Å². The number of nitrogens with one attached hydrogen (secondary N) is 4. The number of hydrogen-bond donors (Lipinski definition) is 5. The minimum Gasteiger partial charge on any atom is -0.387 e. The molecule has 2 aliphatic rings. The summed E-state index contributed by atoms with van der Waals surface area (Å²) in [6.07, 6.45) is 3.08. The third-order valence-electron chi connectivity index (χ3n) is 8.17. The molecule has 2 aromatic carbocycles. The number of fused-ring (bicyclic) bond motifs is 2. The Morgan fingerprint density at radius 3 is 2.10 bits per heavy atom. The van der Waals surface area contributed by atoms with Crippen LogP contribution < -0.4 is 21.7 Å². The van der Waals surface area contributed by atoms with Gasteiger partial charge in [0.15, 0.2) is 0 Å². The second-order valence-electron chi connectivity index (χ2n) is 10.6. The SMILES string of the molecule is CNC(=O)c1ccc2c(c1)CCc1cc(C(=O)NC)ccc1C2(C[C@@H](C)NCC(=O)N1CCC[C@H]1C#N)C(=N)N. The highest BCUT2D eigenvalue weighted by molar-refractivity contribution is 5.98. The smallest absolute Gasteiger partial charge is 0.251 e. The van der Waals surface area contributed by atoms with Crippen molar-refractivity contribution < 1.29 is 14.4 Å². The number of aryl methyl sites for hydroxylation is 2. The summed E-state index contributed by atoms with van der Waals surface area (Å²) in [5.74, 6) is -0.585. The van der Waals surface area contributed by atoms with E-state index >= 15 is 0 Å². The van der Waals surface area contributed by atoms with E-state index in [-0.39, 0.29) is 36.1 Å². The quantitative estimate of drug-likeness (QED) is 0.251. The van der Waals surface area contributed by atoms with Crippen molar-refractivity contribution in [2.24, 2.45) is 5.73 Å². The highest BCUT2D eigenvalue weighted by Crippen LogP contribution is 2.43. The van der Waals surface area contributed by atoms with Gasteiger partial charge in [0.2, 0.25) is 5.91 Å². The molecular formula is C30H37N7O3. The molecule has 4 rings (SSSR count). The normalized spacial score (nSPS) is 17.9. The molecule has 1 aliphatic heterocycles. The molecule has 10 heteroatoms. The molecule has 1 saturated heterocycles. The van der Waals surface area contributed by atoms with Gasteiger partial charge in [0.25, 0.3) is 11.8 Å². The van der Waals surface area contributed by atoms with Crippen molar-refractivity contribution in [3.63, 3.8) is 0 Å². The number of rotatable bonds is 8. The van der Waals surface area contributed by atoms with Crippen molar-refractivity contribution in [2.45, 2.75) is 56.5 Å². The second-order valence-corrected chi connectivity index (χ2v) is 10.6. The number of benzene rings is 2. The van der Waals surface area contributed by atoms with Crippen molar-refractivity contribution >= 4 is 23.6 Å². The molecule has 2 atom stereocenters. The lowest BCUT2D eigenvalue weighted by Gasteiger charge is -2.38. The number of likely N-dealkylation sites (tertiary alicyclic amines) is 1. The monoisotopic (exact) mass is 543 g/mol. The zero-order valence-electron chi connectivity index (χ0n) is 23.3. The summed E-state index contributed by atoms with van der Waals surface area (Å²) in [6.45, 7) is 2.59. The molecule has 3 amide bonds. The van der Waals surface area contributed by atoms with E-state index in [0.717, 1.165) is 28.7 Å². The minimum atomic E-state index is -1.05. The van der Waals surface area contributed by atoms with Gasteiger partial charge in [0, 0.05) is 37.8 Å². The van der Waals surface area contributed by atoms with Crippen LogP contribution in [-0.4, -0.2) is 67.7 Å². The van der Waals surface area contributed by atoms with E-state index < -0.39 is 11.5 Å². The van der Waals surface area contributed by atoms with Gasteiger partial charge in [-0.25, -0.2) is 0 Å². The van der Waals surface area contributed by atoms with Crippen LogP contribution in [-0.2, 0) is 23.1 Å². The molecule has 0 aromatic heterocycles. The van der Waals surface area contributed by atoms with Gasteiger partial charge < -0.3 is 26.6 Å².